The molecule has 0 spiro atoms. The second kappa shape index (κ2) is 9.73. The van der Waals surface area contributed by atoms with Gasteiger partial charge in [0.1, 0.15) is 11.4 Å². The number of ether oxygens (including phenoxy) is 1. The summed E-state index contributed by atoms with van der Waals surface area (Å²) in [5.41, 5.74) is 6.58. The first-order chi connectivity index (χ1) is 17.1. The maximum absolute atomic E-state index is 13.1. The maximum atomic E-state index is 13.1. The summed E-state index contributed by atoms with van der Waals surface area (Å²) in [6.45, 7) is 3.74. The second-order valence-electron chi connectivity index (χ2n) is 8.19. The fourth-order valence-corrected chi connectivity index (χ4v) is 4.19. The van der Waals surface area contributed by atoms with Gasteiger partial charge in [0.05, 0.1) is 0 Å². The highest BCUT2D eigenvalue weighted by molar-refractivity contribution is 5.98. The first-order valence-corrected chi connectivity index (χ1v) is 11.4. The van der Waals surface area contributed by atoms with Crippen molar-refractivity contribution in [1.82, 2.24) is 19.7 Å². The summed E-state index contributed by atoms with van der Waals surface area (Å²) in [5.74, 6) is -0.141. The van der Waals surface area contributed by atoms with Crippen LogP contribution in [0.2, 0.25) is 0 Å². The van der Waals surface area contributed by atoms with E-state index in [1.807, 2.05) is 111 Å². The minimum absolute atomic E-state index is 0.0637. The predicted molar refractivity (Wildman–Crippen MR) is 136 cm³/mol. The molecule has 0 N–H and O–H groups in total. The lowest BCUT2D eigenvalue weighted by molar-refractivity contribution is 0.0912. The van der Waals surface area contributed by atoms with E-state index in [0.29, 0.717) is 17.0 Å². The molecule has 0 radical (unpaired) electrons. The van der Waals surface area contributed by atoms with Crippen molar-refractivity contribution in [3.63, 3.8) is 0 Å². The van der Waals surface area contributed by atoms with E-state index in [9.17, 15) is 4.79 Å². The molecule has 5 aromatic rings. The number of hydrogen-bond acceptors (Lipinski definition) is 5. The SMILES string of the molecule is Cc1cc(C(=O)COc2nnc(-c3ccccc3)c(-c3ccccc3)n2)c(C)n1-c1ccccc1. The molecular weight excluding hydrogens is 436 g/mol. The molecule has 0 amide bonds. The number of carbonyl (C=O) groups excluding carboxylic acids is 1. The molecular formula is C29H24N4O2. The van der Waals surface area contributed by atoms with Gasteiger partial charge < -0.3 is 9.30 Å². The average molecular weight is 461 g/mol. The van der Waals surface area contributed by atoms with Gasteiger partial charge in [-0.15, -0.1) is 5.10 Å². The molecule has 3 aromatic carbocycles. The smallest absolute Gasteiger partial charge is 0.336 e. The van der Waals surface area contributed by atoms with E-state index in [-0.39, 0.29) is 18.4 Å². The van der Waals surface area contributed by atoms with E-state index in [1.165, 1.54) is 0 Å². The Morgan fingerprint density at radius 2 is 1.34 bits per heavy atom. The van der Waals surface area contributed by atoms with Gasteiger partial charge in [0.25, 0.3) is 0 Å². The number of rotatable bonds is 7. The Morgan fingerprint density at radius 3 is 1.97 bits per heavy atom. The van der Waals surface area contributed by atoms with Crippen LogP contribution in [0.1, 0.15) is 21.7 Å². The third kappa shape index (κ3) is 4.59. The number of hydrogen-bond donors (Lipinski definition) is 0. The highest BCUT2D eigenvalue weighted by Crippen LogP contribution is 2.29. The molecule has 172 valence electrons. The molecule has 6 nitrogen and oxygen atoms in total. The number of ketones is 1. The molecule has 35 heavy (non-hydrogen) atoms. The van der Waals surface area contributed by atoms with E-state index < -0.39 is 0 Å². The Labute approximate surface area is 203 Å². The zero-order chi connectivity index (χ0) is 24.2. The third-order valence-electron chi connectivity index (χ3n) is 5.84. The molecule has 5 rings (SSSR count). The highest BCUT2D eigenvalue weighted by atomic mass is 16.5. The first kappa shape index (κ1) is 22.2. The maximum Gasteiger partial charge on any atom is 0.336 e. The summed E-state index contributed by atoms with van der Waals surface area (Å²) in [5, 5.41) is 8.56. The number of nitrogens with zero attached hydrogens (tertiary/aromatic N) is 4. The van der Waals surface area contributed by atoms with Gasteiger partial charge in [-0.1, -0.05) is 84.0 Å². The number of Topliss-reactive ketones (excluding diaryl/α,β-unsaturated/α-hetero) is 1. The summed E-state index contributed by atoms with van der Waals surface area (Å²) >= 11 is 0. The van der Waals surface area contributed by atoms with Gasteiger partial charge in [0, 0.05) is 33.8 Å². The molecule has 0 aliphatic carbocycles. The van der Waals surface area contributed by atoms with Crippen molar-refractivity contribution in [3.8, 4) is 34.2 Å². The van der Waals surface area contributed by atoms with E-state index >= 15 is 0 Å². The zero-order valence-corrected chi connectivity index (χ0v) is 19.6. The van der Waals surface area contributed by atoms with Crippen LogP contribution < -0.4 is 4.74 Å². The Bertz CT molecular complexity index is 1460. The summed E-state index contributed by atoms with van der Waals surface area (Å²) in [6, 6.07) is 31.4. The van der Waals surface area contributed by atoms with Crippen LogP contribution in [0.25, 0.3) is 28.2 Å². The van der Waals surface area contributed by atoms with Gasteiger partial charge in [-0.2, -0.15) is 4.98 Å². The number of benzene rings is 3. The Kier molecular flexibility index (Phi) is 6.18. The average Bonchev–Trinajstić information content (AvgIpc) is 3.22. The van der Waals surface area contributed by atoms with Gasteiger partial charge in [0.15, 0.2) is 6.61 Å². The van der Waals surface area contributed by atoms with Crippen molar-refractivity contribution >= 4 is 5.78 Å². The van der Waals surface area contributed by atoms with Crippen LogP contribution in [-0.2, 0) is 0 Å². The summed E-state index contributed by atoms with van der Waals surface area (Å²) < 4.78 is 7.80. The summed E-state index contributed by atoms with van der Waals surface area (Å²) in [4.78, 5) is 17.7. The quantitative estimate of drug-likeness (QED) is 0.284. The molecule has 0 bridgehead atoms. The van der Waals surface area contributed by atoms with Crippen molar-refractivity contribution in [2.24, 2.45) is 0 Å². The number of aryl methyl sites for hydroxylation is 1. The predicted octanol–water partition coefficient (Wildman–Crippen LogP) is 5.87. The van der Waals surface area contributed by atoms with Crippen LogP contribution in [-0.4, -0.2) is 32.1 Å². The molecule has 2 aromatic heterocycles. The Morgan fingerprint density at radius 1 is 0.771 bits per heavy atom. The van der Waals surface area contributed by atoms with E-state index in [4.69, 9.17) is 4.74 Å². The number of carbonyl (C=O) groups is 1. The van der Waals surface area contributed by atoms with Crippen LogP contribution in [0, 0.1) is 13.8 Å². The fraction of sp³-hybridized carbons (Fsp3) is 0.103. The largest absolute Gasteiger partial charge is 0.454 e. The normalized spacial score (nSPS) is 10.8. The van der Waals surface area contributed by atoms with Gasteiger partial charge >= 0.3 is 6.01 Å². The standard InChI is InChI=1S/C29H24N4O2/c1-20-18-25(21(2)33(20)24-16-10-5-11-17-24)26(34)19-35-29-30-27(22-12-6-3-7-13-22)28(31-32-29)23-14-8-4-9-15-23/h3-18H,19H2,1-2H3. The molecule has 0 unspecified atom stereocenters. The van der Waals surface area contributed by atoms with Crippen LogP contribution in [0.4, 0.5) is 0 Å². The Hall–Kier alpha value is -4.58. The molecule has 0 fully saturated rings. The zero-order valence-electron chi connectivity index (χ0n) is 19.6. The fourth-order valence-electron chi connectivity index (χ4n) is 4.19. The molecule has 6 heteroatoms. The van der Waals surface area contributed by atoms with E-state index in [0.717, 1.165) is 28.2 Å². The number of aromatic nitrogens is 4. The van der Waals surface area contributed by atoms with Gasteiger partial charge in [-0.05, 0) is 32.0 Å². The lowest BCUT2D eigenvalue weighted by Crippen LogP contribution is -2.14. The first-order valence-electron chi connectivity index (χ1n) is 11.4. The minimum Gasteiger partial charge on any atom is -0.454 e. The summed E-state index contributed by atoms with van der Waals surface area (Å²) in [6.07, 6.45) is 0. The Balaban J connectivity index is 1.41. The van der Waals surface area contributed by atoms with Gasteiger partial charge in [-0.25, -0.2) is 0 Å². The monoisotopic (exact) mass is 460 g/mol. The van der Waals surface area contributed by atoms with Gasteiger partial charge in [-0.3, -0.25) is 4.79 Å². The van der Waals surface area contributed by atoms with Gasteiger partial charge in [0.2, 0.25) is 5.78 Å². The molecule has 0 saturated carbocycles. The molecule has 0 saturated heterocycles. The van der Waals surface area contributed by atoms with Crippen LogP contribution in [0.5, 0.6) is 6.01 Å². The third-order valence-corrected chi connectivity index (χ3v) is 5.84. The minimum atomic E-state index is -0.181. The number of para-hydroxylation sites is 1. The van der Waals surface area contributed by atoms with Crippen LogP contribution in [0.15, 0.2) is 97.1 Å². The van der Waals surface area contributed by atoms with Crippen molar-refractivity contribution in [2.75, 3.05) is 6.61 Å². The summed E-state index contributed by atoms with van der Waals surface area (Å²) in [7, 11) is 0. The topological polar surface area (TPSA) is 69.9 Å². The second-order valence-corrected chi connectivity index (χ2v) is 8.19. The van der Waals surface area contributed by atoms with Crippen molar-refractivity contribution < 1.29 is 9.53 Å². The lowest BCUT2D eigenvalue weighted by Gasteiger charge is -2.11. The molecule has 0 aliphatic rings. The molecule has 2 heterocycles. The lowest BCUT2D eigenvalue weighted by atomic mass is 10.0. The van der Waals surface area contributed by atoms with Crippen molar-refractivity contribution in [3.05, 3.63) is 114 Å². The van der Waals surface area contributed by atoms with E-state index in [2.05, 4.69) is 19.7 Å². The molecule has 0 aliphatic heterocycles. The van der Waals surface area contributed by atoms with Crippen LogP contribution >= 0.6 is 0 Å². The highest BCUT2D eigenvalue weighted by Gasteiger charge is 2.19. The van der Waals surface area contributed by atoms with E-state index in [1.54, 1.807) is 0 Å². The van der Waals surface area contributed by atoms with Crippen LogP contribution in [0.3, 0.4) is 0 Å². The van der Waals surface area contributed by atoms with Crippen molar-refractivity contribution in [1.29, 1.82) is 0 Å². The van der Waals surface area contributed by atoms with Crippen molar-refractivity contribution in [2.45, 2.75) is 13.8 Å². The molecule has 0 atom stereocenters.